The standard InChI is InChI=1S/C12H26.H2O3S/c1-3-5-7-9-11-12-10-8-6-4-2;1-4(2)3/h3-12H2,1-2H3;(H2,1,2,3)/p-1. The van der Waals surface area contributed by atoms with Crippen molar-refractivity contribution in [2.24, 2.45) is 0 Å². The van der Waals surface area contributed by atoms with Crippen molar-refractivity contribution >= 4 is 11.4 Å². The van der Waals surface area contributed by atoms with Crippen molar-refractivity contribution in [3.8, 4) is 0 Å². The van der Waals surface area contributed by atoms with E-state index in [-0.39, 0.29) is 0 Å². The van der Waals surface area contributed by atoms with Crippen molar-refractivity contribution in [1.82, 2.24) is 0 Å². The third kappa shape index (κ3) is 29.2. The summed E-state index contributed by atoms with van der Waals surface area (Å²) in [6.45, 7) is 4.56. The molecule has 16 heavy (non-hydrogen) atoms. The van der Waals surface area contributed by atoms with Gasteiger partial charge in [-0.25, -0.2) is 4.21 Å². The first-order chi connectivity index (χ1) is 7.65. The number of rotatable bonds is 9. The molecule has 0 rings (SSSR count). The van der Waals surface area contributed by atoms with E-state index in [2.05, 4.69) is 13.8 Å². The van der Waals surface area contributed by atoms with Crippen LogP contribution in [0.5, 0.6) is 0 Å². The summed E-state index contributed by atoms with van der Waals surface area (Å²) in [5.74, 6) is 0. The minimum atomic E-state index is -2.86. The number of hydrogen-bond acceptors (Lipinski definition) is 2. The first kappa shape index (κ1) is 18.4. The first-order valence-corrected chi connectivity index (χ1v) is 7.46. The smallest absolute Gasteiger partial charge is 0.0814 e. The lowest BCUT2D eigenvalue weighted by atomic mass is 10.1. The Labute approximate surface area is 103 Å². The highest BCUT2D eigenvalue weighted by molar-refractivity contribution is 7.73. The van der Waals surface area contributed by atoms with Crippen LogP contribution >= 0.6 is 0 Å². The monoisotopic (exact) mass is 251 g/mol. The van der Waals surface area contributed by atoms with Crippen LogP contribution in [0.15, 0.2) is 0 Å². The summed E-state index contributed by atoms with van der Waals surface area (Å²) in [6.07, 6.45) is 14.4. The molecule has 0 aliphatic heterocycles. The summed E-state index contributed by atoms with van der Waals surface area (Å²) >= 11 is -2.86. The van der Waals surface area contributed by atoms with Crippen molar-refractivity contribution < 1.29 is 13.3 Å². The van der Waals surface area contributed by atoms with Gasteiger partial charge in [0.2, 0.25) is 0 Å². The summed E-state index contributed by atoms with van der Waals surface area (Å²) in [5, 5.41) is 0. The molecule has 0 aliphatic carbocycles. The number of unbranched alkanes of at least 4 members (excludes halogenated alkanes) is 9. The molecule has 100 valence electrons. The molecule has 0 spiro atoms. The molecule has 3 nitrogen and oxygen atoms in total. The summed E-state index contributed by atoms with van der Waals surface area (Å²) in [6, 6.07) is 0. The van der Waals surface area contributed by atoms with E-state index in [0.29, 0.717) is 0 Å². The Hall–Kier alpha value is 0.0700. The predicted octanol–water partition coefficient (Wildman–Crippen LogP) is 4.27. The van der Waals surface area contributed by atoms with Gasteiger partial charge in [-0.1, -0.05) is 78.1 Å². The average molecular weight is 251 g/mol. The van der Waals surface area contributed by atoms with Crippen molar-refractivity contribution in [2.75, 3.05) is 0 Å². The van der Waals surface area contributed by atoms with Crippen molar-refractivity contribution in [3.63, 3.8) is 0 Å². The molecular weight excluding hydrogens is 224 g/mol. The molecule has 0 fully saturated rings. The fourth-order valence-electron chi connectivity index (χ4n) is 1.56. The zero-order valence-electron chi connectivity index (χ0n) is 10.7. The molecule has 0 heterocycles. The predicted molar refractivity (Wildman–Crippen MR) is 69.1 cm³/mol. The molecule has 0 aliphatic rings. The molecule has 4 heteroatoms. The van der Waals surface area contributed by atoms with Crippen LogP contribution in [-0.4, -0.2) is 13.3 Å². The molecule has 0 aromatic rings. The minimum Gasteiger partial charge on any atom is -0.750 e. The lowest BCUT2D eigenvalue weighted by Gasteiger charge is -1.99. The molecule has 1 atom stereocenters. The topological polar surface area (TPSA) is 60.4 Å². The quantitative estimate of drug-likeness (QED) is 0.492. The van der Waals surface area contributed by atoms with E-state index in [1.54, 1.807) is 0 Å². The van der Waals surface area contributed by atoms with Gasteiger partial charge in [0, 0.05) is 0 Å². The van der Waals surface area contributed by atoms with Crippen LogP contribution in [0.3, 0.4) is 0 Å². The lowest BCUT2D eigenvalue weighted by Crippen LogP contribution is -1.80. The van der Waals surface area contributed by atoms with Gasteiger partial charge >= 0.3 is 0 Å². The molecule has 0 bridgehead atoms. The summed E-state index contributed by atoms with van der Waals surface area (Å²) < 4.78 is 24.1. The molecule has 0 amide bonds. The summed E-state index contributed by atoms with van der Waals surface area (Å²) in [7, 11) is 0. The zero-order chi connectivity index (χ0) is 12.6. The normalized spacial score (nSPS) is 11.8. The van der Waals surface area contributed by atoms with E-state index >= 15 is 0 Å². The Morgan fingerprint density at radius 1 is 0.812 bits per heavy atom. The Morgan fingerprint density at radius 2 is 1.00 bits per heavy atom. The van der Waals surface area contributed by atoms with Gasteiger partial charge in [-0.2, -0.15) is 0 Å². The van der Waals surface area contributed by atoms with Gasteiger partial charge in [-0.15, -0.1) is 0 Å². The van der Waals surface area contributed by atoms with Gasteiger partial charge in [0.1, 0.15) is 0 Å². The molecule has 1 N–H and O–H groups in total. The van der Waals surface area contributed by atoms with Gasteiger partial charge in [0.15, 0.2) is 0 Å². The largest absolute Gasteiger partial charge is 0.750 e. The van der Waals surface area contributed by atoms with E-state index in [4.69, 9.17) is 13.3 Å². The van der Waals surface area contributed by atoms with Gasteiger partial charge in [-0.3, -0.25) is 0 Å². The maximum atomic E-state index is 8.56. The van der Waals surface area contributed by atoms with E-state index in [1.165, 1.54) is 64.2 Å². The molecule has 1 unspecified atom stereocenters. The van der Waals surface area contributed by atoms with Gasteiger partial charge < -0.3 is 9.11 Å². The van der Waals surface area contributed by atoms with Crippen LogP contribution in [0, 0.1) is 0 Å². The molecule has 0 radical (unpaired) electrons. The molecule has 0 aromatic heterocycles. The van der Waals surface area contributed by atoms with Gasteiger partial charge in [0.25, 0.3) is 0 Å². The second kappa shape index (κ2) is 17.5. The van der Waals surface area contributed by atoms with Gasteiger partial charge in [-0.05, 0) is 0 Å². The Morgan fingerprint density at radius 3 is 1.19 bits per heavy atom. The SMILES string of the molecule is CCCCCCCCCCCC.O=S([O-])O. The second-order valence-corrected chi connectivity index (χ2v) is 4.48. The van der Waals surface area contributed by atoms with E-state index < -0.39 is 11.4 Å². The highest BCUT2D eigenvalue weighted by Crippen LogP contribution is 2.09. The van der Waals surface area contributed by atoms with Crippen molar-refractivity contribution in [2.45, 2.75) is 78.1 Å². The molecule has 0 saturated heterocycles. The van der Waals surface area contributed by atoms with Crippen LogP contribution in [0.25, 0.3) is 0 Å². The van der Waals surface area contributed by atoms with E-state index in [0.717, 1.165) is 0 Å². The molecule has 0 aromatic carbocycles. The van der Waals surface area contributed by atoms with Crippen molar-refractivity contribution in [1.29, 1.82) is 0 Å². The Bertz CT molecular complexity index is 126. The fraction of sp³-hybridized carbons (Fsp3) is 1.00. The Kier molecular flexibility index (Phi) is 20.1. The van der Waals surface area contributed by atoms with Crippen molar-refractivity contribution in [3.05, 3.63) is 0 Å². The highest BCUT2D eigenvalue weighted by Gasteiger charge is 1.90. The second-order valence-electron chi connectivity index (χ2n) is 4.05. The first-order valence-electron chi connectivity index (χ1n) is 6.43. The minimum absolute atomic E-state index is 1.37. The van der Waals surface area contributed by atoms with Crippen LogP contribution in [0.4, 0.5) is 0 Å². The maximum absolute atomic E-state index is 8.56. The van der Waals surface area contributed by atoms with Gasteiger partial charge in [0.05, 0.1) is 11.4 Å². The fourth-order valence-corrected chi connectivity index (χ4v) is 1.56. The lowest BCUT2D eigenvalue weighted by molar-refractivity contribution is 0.436. The summed E-state index contributed by atoms with van der Waals surface area (Å²) in [5.41, 5.74) is 0. The van der Waals surface area contributed by atoms with Crippen LogP contribution in [-0.2, 0) is 11.4 Å². The highest BCUT2D eigenvalue weighted by atomic mass is 32.2. The van der Waals surface area contributed by atoms with Crippen LogP contribution < -0.4 is 0 Å². The molecular formula is C12H27O3S-. The molecule has 0 saturated carbocycles. The van der Waals surface area contributed by atoms with E-state index in [9.17, 15) is 0 Å². The Balaban J connectivity index is 0. The summed E-state index contributed by atoms with van der Waals surface area (Å²) in [4.78, 5) is 0. The van der Waals surface area contributed by atoms with Crippen LogP contribution in [0.2, 0.25) is 0 Å². The number of hydrogen-bond donors (Lipinski definition) is 1. The zero-order valence-corrected chi connectivity index (χ0v) is 11.6. The van der Waals surface area contributed by atoms with Crippen LogP contribution in [0.1, 0.15) is 78.1 Å². The third-order valence-electron chi connectivity index (χ3n) is 2.46. The average Bonchev–Trinajstić information content (AvgIpc) is 2.21. The van der Waals surface area contributed by atoms with E-state index in [1.807, 2.05) is 0 Å². The maximum Gasteiger partial charge on any atom is 0.0814 e. The third-order valence-corrected chi connectivity index (χ3v) is 2.46.